The Kier molecular flexibility index (Phi) is 6.10. The first kappa shape index (κ1) is 18.4. The predicted molar refractivity (Wildman–Crippen MR) is 106 cm³/mol. The van der Waals surface area contributed by atoms with Crippen molar-refractivity contribution in [1.29, 1.82) is 0 Å². The number of ether oxygens (including phenoxy) is 1. The zero-order valence-corrected chi connectivity index (χ0v) is 15.7. The Balaban J connectivity index is 0.00000182. The maximum absolute atomic E-state index is 6.07. The average Bonchev–Trinajstić information content (AvgIpc) is 2.64. The van der Waals surface area contributed by atoms with Crippen LogP contribution in [0.15, 0.2) is 48.5 Å². The lowest BCUT2D eigenvalue weighted by Gasteiger charge is -2.45. The summed E-state index contributed by atoms with van der Waals surface area (Å²) in [4.78, 5) is 2.62. The molecule has 1 saturated heterocycles. The van der Waals surface area contributed by atoms with Gasteiger partial charge in [-0.2, -0.15) is 0 Å². The lowest BCUT2D eigenvalue weighted by atomic mass is 9.96. The fourth-order valence-electron chi connectivity index (χ4n) is 3.89. The van der Waals surface area contributed by atoms with E-state index in [0.29, 0.717) is 12.1 Å². The molecule has 1 atom stereocenters. The van der Waals surface area contributed by atoms with Crippen molar-refractivity contribution < 1.29 is 4.74 Å². The molecule has 2 heterocycles. The second-order valence-corrected chi connectivity index (χ2v) is 7.09. The van der Waals surface area contributed by atoms with Crippen LogP contribution < -0.4 is 15.0 Å². The summed E-state index contributed by atoms with van der Waals surface area (Å²) in [7, 11) is 0. The average molecular weight is 379 g/mol. The molecule has 0 saturated carbocycles. The maximum atomic E-state index is 6.07. The number of nitrogens with zero attached hydrogens (tertiary/aromatic N) is 1. The van der Waals surface area contributed by atoms with Gasteiger partial charge in [-0.1, -0.05) is 35.9 Å². The number of hydrogen-bond acceptors (Lipinski definition) is 3. The number of fused-ring (bicyclic) bond motifs is 1. The van der Waals surface area contributed by atoms with E-state index in [1.54, 1.807) is 0 Å². The molecule has 5 heteroatoms. The molecule has 0 bridgehead atoms. The molecule has 2 aliphatic heterocycles. The number of anilines is 1. The van der Waals surface area contributed by atoms with Crippen LogP contribution in [-0.2, 0) is 6.42 Å². The van der Waals surface area contributed by atoms with Gasteiger partial charge in [0, 0.05) is 11.1 Å². The monoisotopic (exact) mass is 378 g/mol. The molecule has 0 aliphatic carbocycles. The SMILES string of the molecule is Cl.Clc1ccc(C[C@H]2COc3ccccc3N2C2CCNCC2)cc1. The summed E-state index contributed by atoms with van der Waals surface area (Å²) in [5.74, 6) is 1.02. The fourth-order valence-corrected chi connectivity index (χ4v) is 4.01. The Labute approximate surface area is 160 Å². The van der Waals surface area contributed by atoms with Crippen LogP contribution >= 0.6 is 24.0 Å². The van der Waals surface area contributed by atoms with Crippen molar-refractivity contribution >= 4 is 29.7 Å². The Morgan fingerprint density at radius 3 is 2.52 bits per heavy atom. The molecule has 0 spiro atoms. The van der Waals surface area contributed by atoms with Gasteiger partial charge in [0.1, 0.15) is 12.4 Å². The van der Waals surface area contributed by atoms with Crippen LogP contribution in [0.1, 0.15) is 18.4 Å². The highest BCUT2D eigenvalue weighted by atomic mass is 35.5. The molecule has 25 heavy (non-hydrogen) atoms. The minimum Gasteiger partial charge on any atom is -0.489 e. The molecule has 134 valence electrons. The first-order chi connectivity index (χ1) is 11.8. The van der Waals surface area contributed by atoms with E-state index in [4.69, 9.17) is 16.3 Å². The van der Waals surface area contributed by atoms with Crippen LogP contribution in [0.25, 0.3) is 0 Å². The lowest BCUT2D eigenvalue weighted by Crippen LogP contribution is -2.53. The first-order valence-corrected chi connectivity index (χ1v) is 9.14. The van der Waals surface area contributed by atoms with Gasteiger partial charge in [0.15, 0.2) is 0 Å². The molecule has 2 aromatic carbocycles. The van der Waals surface area contributed by atoms with E-state index in [9.17, 15) is 0 Å². The number of nitrogens with one attached hydrogen (secondary N) is 1. The third kappa shape index (κ3) is 4.05. The predicted octanol–water partition coefficient (Wildman–Crippen LogP) is 4.32. The van der Waals surface area contributed by atoms with Crippen molar-refractivity contribution in [1.82, 2.24) is 5.32 Å². The molecule has 2 aliphatic rings. The second kappa shape index (κ2) is 8.31. The smallest absolute Gasteiger partial charge is 0.142 e. The second-order valence-electron chi connectivity index (χ2n) is 6.65. The number of para-hydroxylation sites is 2. The van der Waals surface area contributed by atoms with Crippen LogP contribution in [0.2, 0.25) is 5.02 Å². The van der Waals surface area contributed by atoms with Crippen molar-refractivity contribution in [3.8, 4) is 5.75 Å². The van der Waals surface area contributed by atoms with Gasteiger partial charge in [0.2, 0.25) is 0 Å². The normalized spacial score (nSPS) is 20.4. The standard InChI is InChI=1S/C20H23ClN2O.ClH/c21-16-7-5-15(6-8-16)13-18-14-24-20-4-2-1-3-19(20)23(18)17-9-11-22-12-10-17;/h1-8,17-18,22H,9-14H2;1H/t18-;/m0./s1. The van der Waals surface area contributed by atoms with Gasteiger partial charge < -0.3 is 15.0 Å². The molecule has 3 nitrogen and oxygen atoms in total. The van der Waals surface area contributed by atoms with Crippen molar-refractivity contribution in [2.24, 2.45) is 0 Å². The summed E-state index contributed by atoms with van der Waals surface area (Å²) in [5.41, 5.74) is 2.56. The molecular formula is C20H24Cl2N2O. The Morgan fingerprint density at radius 1 is 1.04 bits per heavy atom. The maximum Gasteiger partial charge on any atom is 0.142 e. The minimum atomic E-state index is 0. The lowest BCUT2D eigenvalue weighted by molar-refractivity contribution is 0.242. The van der Waals surface area contributed by atoms with E-state index in [2.05, 4.69) is 46.6 Å². The van der Waals surface area contributed by atoms with Crippen molar-refractivity contribution in [2.45, 2.75) is 31.3 Å². The zero-order valence-electron chi connectivity index (χ0n) is 14.2. The number of halogens is 2. The molecule has 0 unspecified atom stereocenters. The van der Waals surface area contributed by atoms with Crippen molar-refractivity contribution in [2.75, 3.05) is 24.6 Å². The zero-order chi connectivity index (χ0) is 16.4. The molecule has 1 N–H and O–H groups in total. The van der Waals surface area contributed by atoms with Gasteiger partial charge in [0.05, 0.1) is 11.7 Å². The number of piperidine rings is 1. The number of rotatable bonds is 3. The molecule has 1 fully saturated rings. The molecule has 0 amide bonds. The summed E-state index contributed by atoms with van der Waals surface area (Å²) in [5, 5.41) is 4.27. The Morgan fingerprint density at radius 2 is 1.76 bits per heavy atom. The van der Waals surface area contributed by atoms with Gasteiger partial charge >= 0.3 is 0 Å². The third-order valence-electron chi connectivity index (χ3n) is 5.05. The van der Waals surface area contributed by atoms with Crippen LogP contribution in [0, 0.1) is 0 Å². The van der Waals surface area contributed by atoms with Crippen LogP contribution in [-0.4, -0.2) is 31.8 Å². The molecule has 0 aromatic heterocycles. The molecule has 4 rings (SSSR count). The van der Waals surface area contributed by atoms with Gasteiger partial charge in [-0.25, -0.2) is 0 Å². The highest BCUT2D eigenvalue weighted by Gasteiger charge is 2.33. The summed E-state index contributed by atoms with van der Waals surface area (Å²) in [6, 6.07) is 17.6. The van der Waals surface area contributed by atoms with E-state index >= 15 is 0 Å². The summed E-state index contributed by atoms with van der Waals surface area (Å²) >= 11 is 6.03. The summed E-state index contributed by atoms with van der Waals surface area (Å²) < 4.78 is 6.07. The Bertz CT molecular complexity index is 686. The van der Waals surface area contributed by atoms with Crippen LogP contribution in [0.4, 0.5) is 5.69 Å². The van der Waals surface area contributed by atoms with E-state index in [1.165, 1.54) is 24.1 Å². The van der Waals surface area contributed by atoms with E-state index < -0.39 is 0 Å². The Hall–Kier alpha value is -1.42. The highest BCUT2D eigenvalue weighted by molar-refractivity contribution is 6.30. The van der Waals surface area contributed by atoms with Gasteiger partial charge in [-0.3, -0.25) is 0 Å². The van der Waals surface area contributed by atoms with Crippen molar-refractivity contribution in [3.63, 3.8) is 0 Å². The van der Waals surface area contributed by atoms with Gasteiger partial charge in [-0.05, 0) is 62.2 Å². The van der Waals surface area contributed by atoms with Crippen LogP contribution in [0.3, 0.4) is 0 Å². The van der Waals surface area contributed by atoms with Gasteiger partial charge in [-0.15, -0.1) is 12.4 Å². The highest BCUT2D eigenvalue weighted by Crippen LogP contribution is 2.37. The molecule has 0 radical (unpaired) electrons. The van der Waals surface area contributed by atoms with Crippen molar-refractivity contribution in [3.05, 3.63) is 59.1 Å². The third-order valence-corrected chi connectivity index (χ3v) is 5.31. The fraction of sp³-hybridized carbons (Fsp3) is 0.400. The molecule has 2 aromatic rings. The summed E-state index contributed by atoms with van der Waals surface area (Å²) in [6.07, 6.45) is 3.35. The van der Waals surface area contributed by atoms with Crippen LogP contribution in [0.5, 0.6) is 5.75 Å². The van der Waals surface area contributed by atoms with E-state index in [1.807, 2.05) is 12.1 Å². The first-order valence-electron chi connectivity index (χ1n) is 8.76. The van der Waals surface area contributed by atoms with E-state index in [0.717, 1.165) is 36.9 Å². The largest absolute Gasteiger partial charge is 0.489 e. The molecular weight excluding hydrogens is 355 g/mol. The number of benzene rings is 2. The quantitative estimate of drug-likeness (QED) is 0.860. The minimum absolute atomic E-state index is 0. The van der Waals surface area contributed by atoms with E-state index in [-0.39, 0.29) is 12.4 Å². The van der Waals surface area contributed by atoms with Gasteiger partial charge in [0.25, 0.3) is 0 Å². The topological polar surface area (TPSA) is 24.5 Å². The summed E-state index contributed by atoms with van der Waals surface area (Å²) in [6.45, 7) is 2.93. The number of hydrogen-bond donors (Lipinski definition) is 1.